The Kier molecular flexibility index (Phi) is 2.62. The summed E-state index contributed by atoms with van der Waals surface area (Å²) in [6.07, 6.45) is 0.700. The molecule has 1 aliphatic rings. The highest BCUT2D eigenvalue weighted by Crippen LogP contribution is 2.07. The van der Waals surface area contributed by atoms with Gasteiger partial charge in [0.25, 0.3) is 0 Å². The number of carbonyl (C=O) groups excluding carboxylic acids is 1. The van der Waals surface area contributed by atoms with Crippen LogP contribution in [0.2, 0.25) is 0 Å². The van der Waals surface area contributed by atoms with E-state index >= 15 is 0 Å². The zero-order valence-electron chi connectivity index (χ0n) is 6.45. The van der Waals surface area contributed by atoms with Gasteiger partial charge in [0.1, 0.15) is 0 Å². The quantitative estimate of drug-likeness (QED) is 0.528. The van der Waals surface area contributed by atoms with E-state index < -0.39 is 6.41 Å². The highest BCUT2D eigenvalue weighted by atomic mass is 16.7. The molecule has 0 aromatic rings. The highest BCUT2D eigenvalue weighted by molar-refractivity contribution is 5.86. The predicted molar refractivity (Wildman–Crippen MR) is 38.7 cm³/mol. The summed E-state index contributed by atoms with van der Waals surface area (Å²) in [5, 5.41) is 0. The number of ether oxygens (including phenoxy) is 2. The van der Waals surface area contributed by atoms with Crippen LogP contribution in [0.25, 0.3) is 0 Å². The second kappa shape index (κ2) is 3.50. The van der Waals surface area contributed by atoms with Crippen molar-refractivity contribution in [3.05, 3.63) is 12.7 Å². The van der Waals surface area contributed by atoms with Gasteiger partial charge in [-0.1, -0.05) is 6.58 Å². The van der Waals surface area contributed by atoms with E-state index in [1.165, 1.54) is 11.0 Å². The first kappa shape index (κ1) is 8.23. The van der Waals surface area contributed by atoms with Crippen LogP contribution in [0.15, 0.2) is 12.7 Å². The summed E-state index contributed by atoms with van der Waals surface area (Å²) in [5.74, 6) is -0.197. The lowest BCUT2D eigenvalue weighted by Crippen LogP contribution is -2.36. The van der Waals surface area contributed by atoms with Crippen molar-refractivity contribution in [3.8, 4) is 0 Å². The van der Waals surface area contributed by atoms with Crippen molar-refractivity contribution in [1.29, 1.82) is 0 Å². The SMILES string of the molecule is C=CC(=O)N(C)C1OCCO1. The molecule has 0 saturated carbocycles. The lowest BCUT2D eigenvalue weighted by Gasteiger charge is -2.20. The molecule has 1 fully saturated rings. The first-order valence-electron chi connectivity index (χ1n) is 3.38. The smallest absolute Gasteiger partial charge is 0.249 e. The maximum Gasteiger partial charge on any atom is 0.249 e. The highest BCUT2D eigenvalue weighted by Gasteiger charge is 2.23. The van der Waals surface area contributed by atoms with Crippen molar-refractivity contribution in [1.82, 2.24) is 4.90 Å². The minimum atomic E-state index is -0.527. The standard InChI is InChI=1S/C7H11NO3/c1-3-6(9)8(2)7-10-4-5-11-7/h3,7H,1,4-5H2,2H3. The molecule has 1 heterocycles. The molecule has 0 aromatic carbocycles. The van der Waals surface area contributed by atoms with E-state index in [2.05, 4.69) is 6.58 Å². The molecule has 4 nitrogen and oxygen atoms in total. The minimum Gasteiger partial charge on any atom is -0.333 e. The zero-order valence-corrected chi connectivity index (χ0v) is 6.45. The third-order valence-electron chi connectivity index (χ3n) is 1.44. The summed E-state index contributed by atoms with van der Waals surface area (Å²) in [6.45, 7) is 4.43. The van der Waals surface area contributed by atoms with E-state index in [0.29, 0.717) is 13.2 Å². The van der Waals surface area contributed by atoms with Gasteiger partial charge in [-0.05, 0) is 6.08 Å². The van der Waals surface area contributed by atoms with Crippen LogP contribution in [0.3, 0.4) is 0 Å². The molecule has 11 heavy (non-hydrogen) atoms. The van der Waals surface area contributed by atoms with Crippen molar-refractivity contribution >= 4 is 5.91 Å². The Bertz CT molecular complexity index is 163. The molecule has 0 spiro atoms. The molecule has 1 saturated heterocycles. The second-order valence-electron chi connectivity index (χ2n) is 2.20. The topological polar surface area (TPSA) is 38.8 Å². The molecule has 62 valence electrons. The Balaban J connectivity index is 2.45. The first-order chi connectivity index (χ1) is 5.25. The fourth-order valence-electron chi connectivity index (χ4n) is 0.817. The van der Waals surface area contributed by atoms with E-state index in [-0.39, 0.29) is 5.91 Å². The van der Waals surface area contributed by atoms with Gasteiger partial charge in [0.15, 0.2) is 0 Å². The zero-order chi connectivity index (χ0) is 8.27. The molecule has 0 atom stereocenters. The first-order valence-corrected chi connectivity index (χ1v) is 3.38. The number of amides is 1. The van der Waals surface area contributed by atoms with Crippen molar-refractivity contribution < 1.29 is 14.3 Å². The van der Waals surface area contributed by atoms with Crippen LogP contribution in [0.5, 0.6) is 0 Å². The molecular formula is C7H11NO3. The number of nitrogens with zero attached hydrogens (tertiary/aromatic N) is 1. The predicted octanol–water partition coefficient (Wildman–Crippen LogP) is -0.0388. The third-order valence-corrected chi connectivity index (χ3v) is 1.44. The molecule has 1 rings (SSSR count). The number of carbonyl (C=O) groups is 1. The molecule has 0 unspecified atom stereocenters. The Hall–Kier alpha value is -0.870. The monoisotopic (exact) mass is 157 g/mol. The summed E-state index contributed by atoms with van der Waals surface area (Å²) in [4.78, 5) is 12.3. The van der Waals surface area contributed by atoms with Gasteiger partial charge in [-0.25, -0.2) is 0 Å². The van der Waals surface area contributed by atoms with Gasteiger partial charge in [0.05, 0.1) is 13.2 Å². The van der Waals surface area contributed by atoms with E-state index in [4.69, 9.17) is 9.47 Å². The van der Waals surface area contributed by atoms with Crippen LogP contribution in [-0.4, -0.2) is 37.5 Å². The molecule has 1 amide bonds. The molecule has 1 aliphatic heterocycles. The summed E-state index contributed by atoms with van der Waals surface area (Å²) >= 11 is 0. The van der Waals surface area contributed by atoms with E-state index in [1.54, 1.807) is 7.05 Å². The van der Waals surface area contributed by atoms with Crippen molar-refractivity contribution in [2.45, 2.75) is 6.41 Å². The van der Waals surface area contributed by atoms with Gasteiger partial charge in [-0.15, -0.1) is 0 Å². The van der Waals surface area contributed by atoms with Crippen LogP contribution in [0, 0.1) is 0 Å². The largest absolute Gasteiger partial charge is 0.333 e. The van der Waals surface area contributed by atoms with Crippen molar-refractivity contribution in [2.24, 2.45) is 0 Å². The van der Waals surface area contributed by atoms with Crippen LogP contribution < -0.4 is 0 Å². The Morgan fingerprint density at radius 1 is 1.64 bits per heavy atom. The van der Waals surface area contributed by atoms with Gasteiger partial charge in [0.2, 0.25) is 12.3 Å². The van der Waals surface area contributed by atoms with Crippen molar-refractivity contribution in [2.75, 3.05) is 20.3 Å². The molecule has 0 aliphatic carbocycles. The maximum atomic E-state index is 10.9. The summed E-state index contributed by atoms with van der Waals surface area (Å²) in [7, 11) is 1.61. The lowest BCUT2D eigenvalue weighted by molar-refractivity contribution is -0.164. The summed E-state index contributed by atoms with van der Waals surface area (Å²) < 4.78 is 10.1. The lowest BCUT2D eigenvalue weighted by atomic mass is 10.5. The summed E-state index contributed by atoms with van der Waals surface area (Å²) in [5.41, 5.74) is 0. The number of rotatable bonds is 2. The third kappa shape index (κ3) is 1.78. The Morgan fingerprint density at radius 2 is 2.18 bits per heavy atom. The van der Waals surface area contributed by atoms with Crippen molar-refractivity contribution in [3.63, 3.8) is 0 Å². The van der Waals surface area contributed by atoms with Crippen LogP contribution in [0.4, 0.5) is 0 Å². The van der Waals surface area contributed by atoms with Crippen LogP contribution in [-0.2, 0) is 14.3 Å². The Morgan fingerprint density at radius 3 is 2.64 bits per heavy atom. The number of hydrogen-bond acceptors (Lipinski definition) is 3. The van der Waals surface area contributed by atoms with E-state index in [0.717, 1.165) is 0 Å². The molecule has 4 heteroatoms. The fourth-order valence-corrected chi connectivity index (χ4v) is 0.817. The minimum absolute atomic E-state index is 0.197. The average molecular weight is 157 g/mol. The van der Waals surface area contributed by atoms with Gasteiger partial charge < -0.3 is 9.47 Å². The normalized spacial score (nSPS) is 18.3. The van der Waals surface area contributed by atoms with Gasteiger partial charge in [0, 0.05) is 7.05 Å². The molecule has 0 aromatic heterocycles. The second-order valence-corrected chi connectivity index (χ2v) is 2.20. The van der Waals surface area contributed by atoms with Crippen LogP contribution in [0.1, 0.15) is 0 Å². The maximum absolute atomic E-state index is 10.9. The number of likely N-dealkylation sites (N-methyl/N-ethyl adjacent to an activating group) is 1. The number of hydrogen-bond donors (Lipinski definition) is 0. The van der Waals surface area contributed by atoms with Gasteiger partial charge >= 0.3 is 0 Å². The Labute approximate surface area is 65.4 Å². The van der Waals surface area contributed by atoms with E-state index in [9.17, 15) is 4.79 Å². The average Bonchev–Trinajstić information content (AvgIpc) is 2.53. The molecule has 0 radical (unpaired) electrons. The van der Waals surface area contributed by atoms with Crippen LogP contribution >= 0.6 is 0 Å². The fraction of sp³-hybridized carbons (Fsp3) is 0.571. The van der Waals surface area contributed by atoms with Gasteiger partial charge in [-0.2, -0.15) is 0 Å². The summed E-state index contributed by atoms with van der Waals surface area (Å²) in [6, 6.07) is 0. The van der Waals surface area contributed by atoms with Gasteiger partial charge in [-0.3, -0.25) is 9.69 Å². The molecule has 0 bridgehead atoms. The van der Waals surface area contributed by atoms with E-state index in [1.807, 2.05) is 0 Å². The molecular weight excluding hydrogens is 146 g/mol. The molecule has 0 N–H and O–H groups in total.